The zero-order valence-electron chi connectivity index (χ0n) is 66.4. The number of rotatable bonds is 9. The van der Waals surface area contributed by atoms with Gasteiger partial charge in [0.25, 0.3) is 0 Å². The molecule has 517 valence electrons. The second-order valence-electron chi connectivity index (χ2n) is 29.6. The van der Waals surface area contributed by atoms with E-state index in [1.165, 1.54) is 266 Å². The van der Waals surface area contributed by atoms with Crippen molar-refractivity contribution in [1.82, 2.24) is 0 Å². The Kier molecular flexibility index (Phi) is 26.4. The van der Waals surface area contributed by atoms with Gasteiger partial charge in [0.1, 0.15) is 0 Å². The Morgan fingerprint density at radius 1 is 0.214 bits per heavy atom. The fraction of sp³-hybridized carbons (Fsp3) is 0.376. The molecule has 0 aromatic heterocycles. The van der Waals surface area contributed by atoms with Crippen LogP contribution in [-0.4, -0.2) is 8.80 Å². The normalized spacial score (nSPS) is 12.7. The van der Waals surface area contributed by atoms with E-state index in [0.29, 0.717) is 5.92 Å². The van der Waals surface area contributed by atoms with Crippen LogP contribution in [0.25, 0.3) is 66.8 Å². The van der Waals surface area contributed by atoms with Crippen LogP contribution >= 0.6 is 0 Å². The molecule has 0 saturated carbocycles. The maximum atomic E-state index is 3.36. The second-order valence-corrected chi connectivity index (χ2v) is 32.1. The number of hydrogen-bond acceptors (Lipinski definition) is 0. The molecule has 1 radical (unpaired) electrons. The first-order chi connectivity index (χ1) is 43.8. The zero-order chi connectivity index (χ0) is 69.9. The van der Waals surface area contributed by atoms with E-state index in [0.717, 1.165) is 0 Å². The predicted molar refractivity (Wildman–Crippen MR) is 419 cm³/mol. The molecule has 0 saturated heterocycles. The van der Waals surface area contributed by atoms with Gasteiger partial charge in [0.2, 0.25) is 0 Å². The van der Waals surface area contributed by atoms with Crippen molar-refractivity contribution in [1.29, 1.82) is 0 Å². The molecule has 9 aromatic rings. The Hall–Kier alpha value is -5.74. The Morgan fingerprint density at radius 2 is 0.347 bits per heavy atom. The summed E-state index contributed by atoms with van der Waals surface area (Å²) < 4.78 is 0. The van der Waals surface area contributed by atoms with Crippen molar-refractivity contribution in [3.8, 4) is 66.8 Å². The number of hydrogen-bond donors (Lipinski definition) is 0. The summed E-state index contributed by atoms with van der Waals surface area (Å²) in [5.74, 6) is 0.560. The Labute approximate surface area is 630 Å². The Bertz CT molecular complexity index is 3920. The molecular weight excluding hydrogens is 1300 g/mol. The van der Waals surface area contributed by atoms with Gasteiger partial charge < -0.3 is 37.2 Å². The van der Waals surface area contributed by atoms with Gasteiger partial charge in [0, 0.05) is 21.7 Å². The van der Waals surface area contributed by atoms with Gasteiger partial charge in [-0.25, -0.2) is 5.57 Å². The zero-order valence-corrected chi connectivity index (χ0v) is 71.2. The minimum absolute atomic E-state index is 0. The molecule has 0 nitrogen and oxygen atoms in total. The van der Waals surface area contributed by atoms with E-state index in [9.17, 15) is 0 Å². The fourth-order valence-electron chi connectivity index (χ4n) is 16.4. The number of allylic oxidation sites excluding steroid dienone is 4. The molecule has 9 aromatic carbocycles. The molecule has 10 rings (SSSR count). The topological polar surface area (TPSA) is 0 Å². The van der Waals surface area contributed by atoms with Gasteiger partial charge in [-0.3, -0.25) is 6.08 Å². The van der Waals surface area contributed by atoms with E-state index in [1.54, 1.807) is 0 Å². The van der Waals surface area contributed by atoms with Crippen LogP contribution in [-0.2, 0) is 21.7 Å². The van der Waals surface area contributed by atoms with Crippen molar-refractivity contribution in [2.45, 2.75) is 235 Å². The molecule has 1 aliphatic rings. The molecule has 1 atom stereocenters. The van der Waals surface area contributed by atoms with Crippen LogP contribution in [0.3, 0.4) is 0 Å². The summed E-state index contributed by atoms with van der Waals surface area (Å²) in [6.07, 6.45) is 3.36. The largest absolute Gasteiger partial charge is 1.00 e. The minimum Gasteiger partial charge on any atom is -1.00 e. The van der Waals surface area contributed by atoms with Crippen molar-refractivity contribution >= 4 is 24.4 Å². The second kappa shape index (κ2) is 31.2. The monoisotopic (exact) mass is 1410 g/mol. The molecule has 98 heavy (non-hydrogen) atoms. The van der Waals surface area contributed by atoms with Crippen LogP contribution < -0.4 is 52.8 Å². The molecular formula is C93H112Cl3SiTi-4. The molecule has 0 N–H and O–H groups in total. The maximum absolute atomic E-state index is 3.36. The standard InChI is InChI=1S/C84H99Si.C9H13.3ClH.Ti/c1-40-46(7)58(19)79(59(20)47(40)8)70-31-71(80-60(21)48(9)41(2)49(10)61(80)22)35-76(34-70)85(77-36-72(81-62(23)50(11)42(3)51(12)63(81)24)32-73(37-77)82-64(25)52(13)43(4)53(14)65(82)26)78-38-74(83-66(27)54(15)44(5)55(16)67(83)28)33-75(39-78)84-68(29)56(17)45(6)57(18)69(84)30;1-6-5-7(2)9(4)8(6)3;;;;/h31-39H,1-30H3;6H,1-4H3;3*1H;/q;-1;;;;/p-3. The first kappa shape index (κ1) is 82.9. The third kappa shape index (κ3) is 14.0. The first-order valence-corrected chi connectivity index (χ1v) is 36.4. The van der Waals surface area contributed by atoms with Crippen LogP contribution in [0.4, 0.5) is 0 Å². The number of halogens is 3. The van der Waals surface area contributed by atoms with Crippen LogP contribution in [0.15, 0.2) is 71.3 Å². The van der Waals surface area contributed by atoms with Gasteiger partial charge >= 0.3 is 0 Å². The first-order valence-electron chi connectivity index (χ1n) is 34.9. The third-order valence-corrected chi connectivity index (χ3v) is 28.2. The smallest absolute Gasteiger partial charge is 0.154 e. The van der Waals surface area contributed by atoms with Gasteiger partial charge in [-0.2, -0.15) is 11.1 Å². The van der Waals surface area contributed by atoms with E-state index < -0.39 is 8.80 Å². The van der Waals surface area contributed by atoms with E-state index >= 15 is 0 Å². The van der Waals surface area contributed by atoms with Crippen LogP contribution in [0, 0.1) is 220 Å². The van der Waals surface area contributed by atoms with Crippen LogP contribution in [0.5, 0.6) is 0 Å². The maximum Gasteiger partial charge on any atom is 0.154 e. The average molecular weight is 1410 g/mol. The third-order valence-electron chi connectivity index (χ3n) is 25.6. The summed E-state index contributed by atoms with van der Waals surface area (Å²) in [7, 11) is -1.97. The quantitative estimate of drug-likeness (QED) is 0.0768. The SMILES string of the molecule is CC1=[C-]C(C)C(C)=C1C.Cc1c(C)c(C)c(-c2cc(-c3c(C)c(C)c(C)c(C)c3C)cc([Si](c3cc(-c4c(C)c(C)c(C)c(C)c4C)cc(-c4c(C)c(C)c(C)c(C)c4C)c3)c3cc(-c4c(C)c(C)c(C)c(C)c4C)cc(-c4c(C)c(C)c(C)c(C)c4C)c3)c2)c(C)c1C.[Cl-].[Cl-].[Cl-].[Ti]. The molecule has 0 bridgehead atoms. The van der Waals surface area contributed by atoms with Crippen molar-refractivity contribution in [3.05, 3.63) is 244 Å². The number of benzene rings is 9. The summed E-state index contributed by atoms with van der Waals surface area (Å²) in [5, 5.41) is 4.20. The molecule has 1 aliphatic carbocycles. The molecule has 0 aliphatic heterocycles. The van der Waals surface area contributed by atoms with Gasteiger partial charge in [-0.15, -0.1) is 6.92 Å². The van der Waals surface area contributed by atoms with E-state index in [-0.39, 0.29) is 58.9 Å². The molecule has 0 heterocycles. The van der Waals surface area contributed by atoms with Gasteiger partial charge in [-0.1, -0.05) is 63.1 Å². The van der Waals surface area contributed by atoms with Crippen molar-refractivity contribution in [2.75, 3.05) is 0 Å². The van der Waals surface area contributed by atoms with Crippen molar-refractivity contribution in [3.63, 3.8) is 0 Å². The predicted octanol–water partition coefficient (Wildman–Crippen LogP) is 15.2. The van der Waals surface area contributed by atoms with E-state index in [4.69, 9.17) is 0 Å². The summed E-state index contributed by atoms with van der Waals surface area (Å²) >= 11 is 0. The van der Waals surface area contributed by atoms with Crippen LogP contribution in [0.2, 0.25) is 0 Å². The van der Waals surface area contributed by atoms with E-state index in [2.05, 4.69) is 296 Å². The Balaban J connectivity index is 0.00000123. The van der Waals surface area contributed by atoms with Crippen molar-refractivity contribution < 1.29 is 58.9 Å². The summed E-state index contributed by atoms with van der Waals surface area (Å²) in [6.45, 7) is 79.2. The summed E-state index contributed by atoms with van der Waals surface area (Å²) in [5.41, 5.74) is 61.7. The van der Waals surface area contributed by atoms with Gasteiger partial charge in [0.05, 0.1) is 0 Å². The molecule has 0 spiro atoms. The van der Waals surface area contributed by atoms with E-state index in [1.807, 2.05) is 0 Å². The molecule has 1 unspecified atom stereocenters. The van der Waals surface area contributed by atoms with Gasteiger partial charge in [-0.05, 0) is 475 Å². The fourth-order valence-corrected chi connectivity index (χ4v) is 19.2. The van der Waals surface area contributed by atoms with Gasteiger partial charge in [0.15, 0.2) is 8.80 Å². The minimum atomic E-state index is -1.97. The Morgan fingerprint density at radius 3 is 0.449 bits per heavy atom. The summed E-state index contributed by atoms with van der Waals surface area (Å²) in [6, 6.07) is 23.7. The average Bonchev–Trinajstić information content (AvgIpc) is 0.859. The molecule has 0 amide bonds. The molecule has 5 heteroatoms. The van der Waals surface area contributed by atoms with Crippen LogP contribution in [0.1, 0.15) is 195 Å². The van der Waals surface area contributed by atoms with Crippen molar-refractivity contribution in [2.24, 2.45) is 5.92 Å². The molecule has 0 fully saturated rings. The summed E-state index contributed by atoms with van der Waals surface area (Å²) in [4.78, 5) is 0.